The van der Waals surface area contributed by atoms with E-state index in [2.05, 4.69) is 97.1 Å². The molecule has 4 aromatic heterocycles. The zero-order valence-corrected chi connectivity index (χ0v) is 23.1. The maximum Gasteiger partial charge on any atom is 0.0362 e. The lowest BCUT2D eigenvalue weighted by Gasteiger charge is -2.04. The molecule has 0 saturated carbocycles. The summed E-state index contributed by atoms with van der Waals surface area (Å²) in [7, 11) is 0. The second kappa shape index (κ2) is 7.10. The largest absolute Gasteiger partial charge is 0.135 e. The summed E-state index contributed by atoms with van der Waals surface area (Å²) < 4.78 is 11.0. The van der Waals surface area contributed by atoms with Gasteiger partial charge < -0.3 is 0 Å². The van der Waals surface area contributed by atoms with Gasteiger partial charge in [-0.1, -0.05) is 48.5 Å². The van der Waals surface area contributed by atoms with E-state index in [-0.39, 0.29) is 0 Å². The molecule has 0 unspecified atom stereocenters. The van der Waals surface area contributed by atoms with Gasteiger partial charge in [0.15, 0.2) is 0 Å². The van der Waals surface area contributed by atoms with Crippen molar-refractivity contribution in [1.82, 2.24) is 0 Å². The number of benzene rings is 6. The number of hydrogen-bond donors (Lipinski definition) is 0. The Bertz CT molecular complexity index is 2440. The second-order valence-electron chi connectivity index (χ2n) is 10.1. The molecule has 4 heterocycles. The first-order chi connectivity index (χ1) is 18.8. The van der Waals surface area contributed by atoms with Gasteiger partial charge >= 0.3 is 0 Å². The molecule has 0 spiro atoms. The summed E-state index contributed by atoms with van der Waals surface area (Å²) in [5, 5.41) is 13.9. The van der Waals surface area contributed by atoms with Crippen molar-refractivity contribution in [3.05, 3.63) is 97.1 Å². The van der Waals surface area contributed by atoms with Gasteiger partial charge in [0, 0.05) is 86.1 Å². The molecular weight excluding hydrogens is 537 g/mol. The van der Waals surface area contributed by atoms with Gasteiger partial charge in [0.1, 0.15) is 0 Å². The first-order valence-electron chi connectivity index (χ1n) is 12.7. The third kappa shape index (κ3) is 2.54. The molecule has 4 heteroatoms. The average molecular weight is 553 g/mol. The molecule has 10 aromatic rings. The number of thiophene rings is 4. The zero-order valence-electron chi connectivity index (χ0n) is 19.9. The van der Waals surface area contributed by atoms with Crippen LogP contribution in [0.5, 0.6) is 0 Å². The lowest BCUT2D eigenvalue weighted by atomic mass is 9.98. The lowest BCUT2D eigenvalue weighted by molar-refractivity contribution is 1.87. The Hall–Kier alpha value is -3.54. The molecule has 0 aliphatic carbocycles. The van der Waals surface area contributed by atoms with E-state index >= 15 is 0 Å². The summed E-state index contributed by atoms with van der Waals surface area (Å²) in [5.74, 6) is 0. The summed E-state index contributed by atoms with van der Waals surface area (Å²) in [6.45, 7) is 0. The highest BCUT2D eigenvalue weighted by Crippen LogP contribution is 2.49. The predicted octanol–water partition coefficient (Wildman–Crippen LogP) is 12.3. The van der Waals surface area contributed by atoms with E-state index in [1.165, 1.54) is 91.5 Å². The fraction of sp³-hybridized carbons (Fsp3) is 0. The summed E-state index contributed by atoms with van der Waals surface area (Å²) in [6.07, 6.45) is 0. The van der Waals surface area contributed by atoms with Crippen LogP contribution in [0.25, 0.3) is 91.5 Å². The van der Waals surface area contributed by atoms with Gasteiger partial charge in [0.2, 0.25) is 0 Å². The van der Waals surface area contributed by atoms with Crippen LogP contribution in [0.1, 0.15) is 0 Å². The van der Waals surface area contributed by atoms with Crippen molar-refractivity contribution in [1.29, 1.82) is 0 Å². The number of rotatable bonds is 0. The molecule has 0 saturated heterocycles. The zero-order chi connectivity index (χ0) is 24.5. The van der Waals surface area contributed by atoms with Crippen LogP contribution in [-0.4, -0.2) is 0 Å². The minimum Gasteiger partial charge on any atom is -0.135 e. The Morgan fingerprint density at radius 2 is 0.711 bits per heavy atom. The molecular formula is C34H16S4. The van der Waals surface area contributed by atoms with E-state index < -0.39 is 0 Å². The summed E-state index contributed by atoms with van der Waals surface area (Å²) >= 11 is 7.70. The van der Waals surface area contributed by atoms with Gasteiger partial charge in [-0.2, -0.15) is 0 Å². The summed E-state index contributed by atoms with van der Waals surface area (Å²) in [4.78, 5) is 0. The highest BCUT2D eigenvalue weighted by atomic mass is 32.1. The molecule has 0 bridgehead atoms. The van der Waals surface area contributed by atoms with Gasteiger partial charge in [-0.15, -0.1) is 45.3 Å². The molecule has 0 atom stereocenters. The molecule has 0 amide bonds. The van der Waals surface area contributed by atoms with E-state index in [1.807, 2.05) is 45.3 Å². The van der Waals surface area contributed by atoms with E-state index in [0.717, 1.165) is 0 Å². The van der Waals surface area contributed by atoms with Gasteiger partial charge in [-0.3, -0.25) is 0 Å². The van der Waals surface area contributed by atoms with Gasteiger partial charge in [0.05, 0.1) is 0 Å². The van der Waals surface area contributed by atoms with Crippen molar-refractivity contribution in [3.8, 4) is 0 Å². The minimum absolute atomic E-state index is 1.33. The van der Waals surface area contributed by atoms with Crippen LogP contribution < -0.4 is 0 Å². The van der Waals surface area contributed by atoms with E-state index in [0.29, 0.717) is 0 Å². The van der Waals surface area contributed by atoms with Crippen LogP contribution in [0, 0.1) is 0 Å². The number of hydrogen-bond acceptors (Lipinski definition) is 4. The first-order valence-corrected chi connectivity index (χ1v) is 15.9. The molecule has 0 radical (unpaired) electrons. The minimum atomic E-state index is 1.33. The SMILES string of the molecule is c1ccc2c(c1)sc1cc3c(cc12)sc1ccc2ccc4sc5cc6c(cc5c4c2c13)sc1ccccc16. The van der Waals surface area contributed by atoms with Crippen LogP contribution in [0.3, 0.4) is 0 Å². The highest BCUT2D eigenvalue weighted by molar-refractivity contribution is 7.28. The van der Waals surface area contributed by atoms with Crippen molar-refractivity contribution in [3.63, 3.8) is 0 Å². The molecule has 0 nitrogen and oxygen atoms in total. The maximum absolute atomic E-state index is 2.46. The molecule has 10 rings (SSSR count). The van der Waals surface area contributed by atoms with E-state index in [9.17, 15) is 0 Å². The molecule has 0 N–H and O–H groups in total. The van der Waals surface area contributed by atoms with Crippen LogP contribution in [0.15, 0.2) is 97.1 Å². The fourth-order valence-corrected chi connectivity index (χ4v) is 10.9. The first kappa shape index (κ1) is 20.4. The van der Waals surface area contributed by atoms with Gasteiger partial charge in [0.25, 0.3) is 0 Å². The fourth-order valence-electron chi connectivity index (χ4n) is 6.38. The normalized spacial score (nSPS) is 12.7. The Morgan fingerprint density at radius 1 is 0.289 bits per heavy atom. The third-order valence-corrected chi connectivity index (χ3v) is 12.5. The molecule has 6 aromatic carbocycles. The van der Waals surface area contributed by atoms with Gasteiger partial charge in [-0.25, -0.2) is 0 Å². The second-order valence-corrected chi connectivity index (χ2v) is 14.4. The smallest absolute Gasteiger partial charge is 0.0362 e. The third-order valence-electron chi connectivity index (χ3n) is 8.05. The van der Waals surface area contributed by atoms with E-state index in [4.69, 9.17) is 0 Å². The molecule has 176 valence electrons. The maximum atomic E-state index is 2.46. The van der Waals surface area contributed by atoms with Crippen LogP contribution >= 0.6 is 45.3 Å². The molecule has 0 aliphatic heterocycles. The standard InChI is InChI=1S/C34H16S4/c1-3-7-24-18(5-1)20-13-30-22(15-28(20)35-24)33-26(37-30)11-9-17-10-12-27-34(32(17)33)23-16-29-21(14-31(23)38-27)19-6-2-4-8-25(19)36-29/h1-16H. The molecule has 0 fully saturated rings. The van der Waals surface area contributed by atoms with Crippen LogP contribution in [0.4, 0.5) is 0 Å². The Balaban J connectivity index is 1.40. The summed E-state index contributed by atoms with van der Waals surface area (Å²) in [5.41, 5.74) is 0. The van der Waals surface area contributed by atoms with Gasteiger partial charge in [-0.05, 0) is 53.9 Å². The predicted molar refractivity (Wildman–Crippen MR) is 176 cm³/mol. The lowest BCUT2D eigenvalue weighted by Crippen LogP contribution is -1.77. The number of fused-ring (bicyclic) bond motifs is 15. The van der Waals surface area contributed by atoms with Crippen molar-refractivity contribution in [2.75, 3.05) is 0 Å². The highest BCUT2D eigenvalue weighted by Gasteiger charge is 2.18. The monoisotopic (exact) mass is 552 g/mol. The van der Waals surface area contributed by atoms with Crippen molar-refractivity contribution in [2.24, 2.45) is 0 Å². The van der Waals surface area contributed by atoms with Crippen molar-refractivity contribution >= 4 is 137 Å². The quantitative estimate of drug-likeness (QED) is 0.175. The van der Waals surface area contributed by atoms with Crippen LogP contribution in [-0.2, 0) is 0 Å². The summed E-state index contributed by atoms with van der Waals surface area (Å²) in [6, 6.07) is 36.7. The molecule has 0 aliphatic rings. The average Bonchev–Trinajstić information content (AvgIpc) is 3.69. The Kier molecular flexibility index (Phi) is 3.82. The molecule has 38 heavy (non-hydrogen) atoms. The topological polar surface area (TPSA) is 0 Å². The van der Waals surface area contributed by atoms with Crippen LogP contribution in [0.2, 0.25) is 0 Å². The Morgan fingerprint density at radius 3 is 1.24 bits per heavy atom. The Labute approximate surface area is 232 Å². The van der Waals surface area contributed by atoms with E-state index in [1.54, 1.807) is 0 Å². The van der Waals surface area contributed by atoms with Crippen molar-refractivity contribution in [2.45, 2.75) is 0 Å². The van der Waals surface area contributed by atoms with Crippen molar-refractivity contribution < 1.29 is 0 Å².